The minimum absolute atomic E-state index is 0.216. The molecular formula is C15H16N2O2S2. The standard InChI is InChI=1S/C15H16N2O2S2/c1-2-17(13-6-4-3-5-7-13)21(18,19)14-10-8-12(9-11-14)15(16)20/h3-11H,2H2,1H3,(H2,16,20). The second kappa shape index (κ2) is 6.24. The van der Waals surface area contributed by atoms with Crippen LogP contribution in [0.3, 0.4) is 0 Å². The summed E-state index contributed by atoms with van der Waals surface area (Å²) in [5, 5.41) is 0. The van der Waals surface area contributed by atoms with Crippen LogP contribution in [0.4, 0.5) is 5.69 Å². The molecule has 0 bridgehead atoms. The summed E-state index contributed by atoms with van der Waals surface area (Å²) in [5.41, 5.74) is 6.80. The van der Waals surface area contributed by atoms with Crippen molar-refractivity contribution < 1.29 is 8.42 Å². The molecule has 0 aliphatic heterocycles. The smallest absolute Gasteiger partial charge is 0.264 e. The Hall–Kier alpha value is -1.92. The summed E-state index contributed by atoms with van der Waals surface area (Å²) >= 11 is 4.87. The van der Waals surface area contributed by atoms with Crippen LogP contribution in [0, 0.1) is 0 Å². The van der Waals surface area contributed by atoms with Gasteiger partial charge in [-0.05, 0) is 31.2 Å². The molecule has 110 valence electrons. The van der Waals surface area contributed by atoms with Crippen molar-refractivity contribution in [3.05, 3.63) is 60.2 Å². The normalized spacial score (nSPS) is 11.1. The summed E-state index contributed by atoms with van der Waals surface area (Å²) in [6.07, 6.45) is 0. The molecule has 0 amide bonds. The lowest BCUT2D eigenvalue weighted by Gasteiger charge is -2.23. The lowest BCUT2D eigenvalue weighted by molar-refractivity contribution is 0.592. The van der Waals surface area contributed by atoms with E-state index in [1.54, 1.807) is 31.2 Å². The number of hydrogen-bond donors (Lipinski definition) is 1. The Labute approximate surface area is 130 Å². The van der Waals surface area contributed by atoms with Crippen LogP contribution in [0.25, 0.3) is 0 Å². The van der Waals surface area contributed by atoms with Gasteiger partial charge in [-0.2, -0.15) is 0 Å². The quantitative estimate of drug-likeness (QED) is 0.860. The average Bonchev–Trinajstić information content (AvgIpc) is 2.49. The van der Waals surface area contributed by atoms with E-state index >= 15 is 0 Å². The van der Waals surface area contributed by atoms with E-state index in [9.17, 15) is 8.42 Å². The van der Waals surface area contributed by atoms with E-state index in [0.29, 0.717) is 17.8 Å². The van der Waals surface area contributed by atoms with E-state index in [4.69, 9.17) is 18.0 Å². The third-order valence-electron chi connectivity index (χ3n) is 3.06. The molecule has 0 unspecified atom stereocenters. The van der Waals surface area contributed by atoms with E-state index in [-0.39, 0.29) is 9.88 Å². The summed E-state index contributed by atoms with van der Waals surface area (Å²) in [4.78, 5) is 0.461. The SMILES string of the molecule is CCN(c1ccccc1)S(=O)(=O)c1ccc(C(N)=S)cc1. The molecule has 0 saturated heterocycles. The lowest BCUT2D eigenvalue weighted by Crippen LogP contribution is -2.30. The zero-order valence-corrected chi connectivity index (χ0v) is 13.2. The van der Waals surface area contributed by atoms with Gasteiger partial charge in [0, 0.05) is 12.1 Å². The molecule has 4 nitrogen and oxygen atoms in total. The van der Waals surface area contributed by atoms with Crippen LogP contribution in [0.15, 0.2) is 59.5 Å². The highest BCUT2D eigenvalue weighted by molar-refractivity contribution is 7.92. The molecule has 0 spiro atoms. The molecule has 0 aromatic heterocycles. The van der Waals surface area contributed by atoms with Crippen molar-refractivity contribution in [2.75, 3.05) is 10.8 Å². The molecule has 2 N–H and O–H groups in total. The first kappa shape index (κ1) is 15.5. The summed E-state index contributed by atoms with van der Waals surface area (Å²) < 4.78 is 26.8. The molecule has 0 aliphatic carbocycles. The highest BCUT2D eigenvalue weighted by Crippen LogP contribution is 2.23. The van der Waals surface area contributed by atoms with Crippen molar-refractivity contribution in [3.63, 3.8) is 0 Å². The first-order valence-electron chi connectivity index (χ1n) is 6.44. The largest absolute Gasteiger partial charge is 0.389 e. The first-order valence-corrected chi connectivity index (χ1v) is 8.29. The van der Waals surface area contributed by atoms with E-state index < -0.39 is 10.0 Å². The van der Waals surface area contributed by atoms with Gasteiger partial charge in [-0.3, -0.25) is 4.31 Å². The zero-order valence-electron chi connectivity index (χ0n) is 11.6. The van der Waals surface area contributed by atoms with Crippen molar-refractivity contribution in [2.24, 2.45) is 5.73 Å². The maximum atomic E-state index is 12.7. The van der Waals surface area contributed by atoms with Gasteiger partial charge in [-0.15, -0.1) is 0 Å². The molecule has 2 aromatic carbocycles. The van der Waals surface area contributed by atoms with Crippen LogP contribution in [0.1, 0.15) is 12.5 Å². The lowest BCUT2D eigenvalue weighted by atomic mass is 10.2. The Bertz CT molecular complexity index is 726. The highest BCUT2D eigenvalue weighted by atomic mass is 32.2. The van der Waals surface area contributed by atoms with Crippen LogP contribution in [-0.4, -0.2) is 20.0 Å². The van der Waals surface area contributed by atoms with E-state index in [2.05, 4.69) is 0 Å². The number of para-hydroxylation sites is 1. The number of thiocarbonyl (C=S) groups is 1. The number of sulfonamides is 1. The third kappa shape index (κ3) is 3.22. The maximum absolute atomic E-state index is 12.7. The first-order chi connectivity index (χ1) is 9.96. The summed E-state index contributed by atoms with van der Waals surface area (Å²) in [6, 6.07) is 15.3. The van der Waals surface area contributed by atoms with Crippen molar-refractivity contribution in [2.45, 2.75) is 11.8 Å². The second-order valence-electron chi connectivity index (χ2n) is 4.39. The molecule has 0 radical (unpaired) electrons. The van der Waals surface area contributed by atoms with Gasteiger partial charge in [-0.25, -0.2) is 8.42 Å². The fourth-order valence-corrected chi connectivity index (χ4v) is 3.61. The minimum atomic E-state index is -3.60. The summed E-state index contributed by atoms with van der Waals surface area (Å²) in [6.45, 7) is 2.15. The Morgan fingerprint density at radius 3 is 2.14 bits per heavy atom. The molecule has 6 heteroatoms. The Morgan fingerprint density at radius 1 is 1.10 bits per heavy atom. The minimum Gasteiger partial charge on any atom is -0.389 e. The van der Waals surface area contributed by atoms with Crippen LogP contribution in [-0.2, 0) is 10.0 Å². The number of rotatable bonds is 5. The predicted molar refractivity (Wildman–Crippen MR) is 89.0 cm³/mol. The van der Waals surface area contributed by atoms with Crippen molar-refractivity contribution >= 4 is 32.9 Å². The van der Waals surface area contributed by atoms with Gasteiger partial charge in [0.25, 0.3) is 10.0 Å². The molecule has 21 heavy (non-hydrogen) atoms. The van der Waals surface area contributed by atoms with Crippen LogP contribution < -0.4 is 10.0 Å². The number of nitrogens with two attached hydrogens (primary N) is 1. The Kier molecular flexibility index (Phi) is 4.59. The predicted octanol–water partition coefficient (Wildman–Crippen LogP) is 2.54. The van der Waals surface area contributed by atoms with Crippen LogP contribution in [0.2, 0.25) is 0 Å². The van der Waals surface area contributed by atoms with Crippen LogP contribution >= 0.6 is 12.2 Å². The van der Waals surface area contributed by atoms with Gasteiger partial charge in [0.05, 0.1) is 10.6 Å². The molecule has 2 aromatic rings. The average molecular weight is 320 g/mol. The Balaban J connectivity index is 2.42. The van der Waals surface area contributed by atoms with E-state index in [1.807, 2.05) is 18.2 Å². The van der Waals surface area contributed by atoms with Crippen molar-refractivity contribution in [1.29, 1.82) is 0 Å². The fourth-order valence-electron chi connectivity index (χ4n) is 2.00. The van der Waals surface area contributed by atoms with Gasteiger partial charge in [0.2, 0.25) is 0 Å². The molecule has 0 fully saturated rings. The van der Waals surface area contributed by atoms with Crippen LogP contribution in [0.5, 0.6) is 0 Å². The van der Waals surface area contributed by atoms with Gasteiger partial charge in [-0.1, -0.05) is 42.5 Å². The second-order valence-corrected chi connectivity index (χ2v) is 6.70. The van der Waals surface area contributed by atoms with Crippen molar-refractivity contribution in [1.82, 2.24) is 0 Å². The topological polar surface area (TPSA) is 63.4 Å². The molecule has 0 atom stereocenters. The fraction of sp³-hybridized carbons (Fsp3) is 0.133. The summed E-state index contributed by atoms with van der Waals surface area (Å²) in [5.74, 6) is 0. The Morgan fingerprint density at radius 2 is 1.67 bits per heavy atom. The summed E-state index contributed by atoms with van der Waals surface area (Å²) in [7, 11) is -3.60. The monoisotopic (exact) mass is 320 g/mol. The number of anilines is 1. The zero-order chi connectivity index (χ0) is 15.5. The third-order valence-corrected chi connectivity index (χ3v) is 5.21. The molecule has 0 heterocycles. The molecule has 0 aliphatic rings. The number of nitrogens with zero attached hydrogens (tertiary/aromatic N) is 1. The molecule has 0 saturated carbocycles. The number of hydrogen-bond acceptors (Lipinski definition) is 3. The van der Waals surface area contributed by atoms with Crippen molar-refractivity contribution in [3.8, 4) is 0 Å². The van der Waals surface area contributed by atoms with Gasteiger partial charge < -0.3 is 5.73 Å². The van der Waals surface area contributed by atoms with E-state index in [0.717, 1.165) is 0 Å². The van der Waals surface area contributed by atoms with Gasteiger partial charge in [0.15, 0.2) is 0 Å². The maximum Gasteiger partial charge on any atom is 0.264 e. The van der Waals surface area contributed by atoms with E-state index in [1.165, 1.54) is 16.4 Å². The number of benzene rings is 2. The molecule has 2 rings (SSSR count). The molecular weight excluding hydrogens is 304 g/mol. The van der Waals surface area contributed by atoms with Gasteiger partial charge in [0.1, 0.15) is 4.99 Å². The van der Waals surface area contributed by atoms with Gasteiger partial charge >= 0.3 is 0 Å². The highest BCUT2D eigenvalue weighted by Gasteiger charge is 2.23.